The first-order valence-electron chi connectivity index (χ1n) is 7.63. The van der Waals surface area contributed by atoms with Crippen LogP contribution in [-0.2, 0) is 4.74 Å². The number of amidine groups is 1. The van der Waals surface area contributed by atoms with Crippen LogP contribution in [0.4, 0.5) is 4.79 Å². The van der Waals surface area contributed by atoms with E-state index in [4.69, 9.17) is 4.74 Å². The Balaban J connectivity index is 2.53. The van der Waals surface area contributed by atoms with E-state index in [1.807, 2.05) is 20.8 Å². The van der Waals surface area contributed by atoms with Crippen molar-refractivity contribution in [1.29, 1.82) is 0 Å². The molecule has 1 atom stereocenters. The summed E-state index contributed by atoms with van der Waals surface area (Å²) in [6, 6.07) is 0.442. The van der Waals surface area contributed by atoms with Crippen molar-refractivity contribution in [2.24, 2.45) is 4.99 Å². The number of rotatable bonds is 4. The van der Waals surface area contributed by atoms with E-state index in [2.05, 4.69) is 24.2 Å². The Hall–Kier alpha value is -1.26. The third-order valence-corrected chi connectivity index (χ3v) is 3.17. The Bertz CT molecular complexity index is 348. The predicted molar refractivity (Wildman–Crippen MR) is 82.2 cm³/mol. The summed E-state index contributed by atoms with van der Waals surface area (Å²) in [5.74, 6) is 0.905. The summed E-state index contributed by atoms with van der Waals surface area (Å²) in [5.41, 5.74) is -0.451. The molecule has 116 valence electrons. The van der Waals surface area contributed by atoms with Crippen LogP contribution in [0.25, 0.3) is 0 Å². The van der Waals surface area contributed by atoms with Gasteiger partial charge >= 0.3 is 6.09 Å². The van der Waals surface area contributed by atoms with Crippen LogP contribution in [0.2, 0.25) is 0 Å². The van der Waals surface area contributed by atoms with E-state index in [1.54, 1.807) is 4.90 Å². The standard InChI is InChI=1S/C15H29N3O2/c1-6-8-12(7-2)17-13-11-18(10-9-16-13)14(19)20-15(3,4)5/h12H,6-11H2,1-5H3,(H,16,17). The van der Waals surface area contributed by atoms with Crippen molar-refractivity contribution in [2.45, 2.75) is 65.5 Å². The summed E-state index contributed by atoms with van der Waals surface area (Å²) in [6.45, 7) is 11.8. The average Bonchev–Trinajstić information content (AvgIpc) is 2.36. The van der Waals surface area contributed by atoms with Gasteiger partial charge < -0.3 is 10.1 Å². The maximum atomic E-state index is 12.1. The lowest BCUT2D eigenvalue weighted by Crippen LogP contribution is -2.49. The smallest absolute Gasteiger partial charge is 0.410 e. The molecule has 0 aromatic heterocycles. The van der Waals surface area contributed by atoms with Gasteiger partial charge in [0.1, 0.15) is 11.4 Å². The molecule has 0 aromatic rings. The summed E-state index contributed by atoms with van der Waals surface area (Å²) in [5, 5.41) is 3.45. The van der Waals surface area contributed by atoms with Crippen LogP contribution in [0.3, 0.4) is 0 Å². The number of nitrogens with one attached hydrogen (secondary N) is 1. The second-order valence-electron chi connectivity index (χ2n) is 6.27. The third-order valence-electron chi connectivity index (χ3n) is 3.17. The van der Waals surface area contributed by atoms with E-state index in [9.17, 15) is 4.79 Å². The molecule has 0 bridgehead atoms. The summed E-state index contributed by atoms with van der Waals surface area (Å²) in [6.07, 6.45) is 3.09. The molecular weight excluding hydrogens is 254 g/mol. The molecule has 0 fully saturated rings. The largest absolute Gasteiger partial charge is 0.444 e. The maximum absolute atomic E-state index is 12.1. The number of nitrogens with zero attached hydrogens (tertiary/aromatic N) is 2. The first-order chi connectivity index (χ1) is 9.35. The van der Waals surface area contributed by atoms with Crippen LogP contribution >= 0.6 is 0 Å². The van der Waals surface area contributed by atoms with Gasteiger partial charge in [0.25, 0.3) is 0 Å². The monoisotopic (exact) mass is 283 g/mol. The van der Waals surface area contributed by atoms with Crippen LogP contribution in [0.15, 0.2) is 4.99 Å². The van der Waals surface area contributed by atoms with E-state index in [-0.39, 0.29) is 6.09 Å². The van der Waals surface area contributed by atoms with Gasteiger partial charge in [-0.15, -0.1) is 0 Å². The van der Waals surface area contributed by atoms with Gasteiger partial charge in [-0.2, -0.15) is 0 Å². The third kappa shape index (κ3) is 5.80. The maximum Gasteiger partial charge on any atom is 0.410 e. The summed E-state index contributed by atoms with van der Waals surface area (Å²) < 4.78 is 5.41. The lowest BCUT2D eigenvalue weighted by Gasteiger charge is -2.31. The number of aliphatic imine (C=N–C) groups is 1. The Morgan fingerprint density at radius 1 is 1.45 bits per heavy atom. The topological polar surface area (TPSA) is 53.9 Å². The van der Waals surface area contributed by atoms with Gasteiger partial charge in [0.05, 0.1) is 13.1 Å². The van der Waals surface area contributed by atoms with E-state index >= 15 is 0 Å². The lowest BCUT2D eigenvalue weighted by atomic mass is 10.1. The number of hydrogen-bond donors (Lipinski definition) is 1. The van der Waals surface area contributed by atoms with Crippen LogP contribution in [-0.4, -0.2) is 48.1 Å². The predicted octanol–water partition coefficient (Wildman–Crippen LogP) is 2.80. The number of amides is 1. The fourth-order valence-electron chi connectivity index (χ4n) is 2.15. The molecule has 20 heavy (non-hydrogen) atoms. The van der Waals surface area contributed by atoms with Gasteiger partial charge in [-0.05, 0) is 33.6 Å². The minimum absolute atomic E-state index is 0.254. The molecule has 5 nitrogen and oxygen atoms in total. The average molecular weight is 283 g/mol. The zero-order valence-electron chi connectivity index (χ0n) is 13.5. The molecule has 1 aliphatic heterocycles. The first kappa shape index (κ1) is 16.8. The molecule has 0 saturated carbocycles. The van der Waals surface area contributed by atoms with Gasteiger partial charge in [0, 0.05) is 12.6 Å². The molecule has 0 radical (unpaired) electrons. The Morgan fingerprint density at radius 3 is 2.70 bits per heavy atom. The molecule has 1 amide bonds. The van der Waals surface area contributed by atoms with Crippen molar-refractivity contribution < 1.29 is 9.53 Å². The Morgan fingerprint density at radius 2 is 2.15 bits per heavy atom. The number of ether oxygens (including phenoxy) is 1. The summed E-state index contributed by atoms with van der Waals surface area (Å²) in [4.78, 5) is 18.3. The normalized spacial score (nSPS) is 17.4. The number of carbonyl (C=O) groups excluding carboxylic acids is 1. The minimum atomic E-state index is -0.451. The Kier molecular flexibility index (Phi) is 6.30. The van der Waals surface area contributed by atoms with Crippen molar-refractivity contribution in [3.63, 3.8) is 0 Å². The van der Waals surface area contributed by atoms with E-state index in [1.165, 1.54) is 0 Å². The van der Waals surface area contributed by atoms with Crippen molar-refractivity contribution in [2.75, 3.05) is 19.6 Å². The molecule has 0 aromatic carbocycles. The van der Waals surface area contributed by atoms with Crippen LogP contribution in [0.1, 0.15) is 53.9 Å². The van der Waals surface area contributed by atoms with Crippen molar-refractivity contribution in [3.05, 3.63) is 0 Å². The zero-order chi connectivity index (χ0) is 15.2. The molecule has 0 saturated heterocycles. The molecule has 1 N–H and O–H groups in total. The van der Waals surface area contributed by atoms with Gasteiger partial charge in [-0.3, -0.25) is 9.89 Å². The Labute approximate surface area is 122 Å². The first-order valence-corrected chi connectivity index (χ1v) is 7.63. The SMILES string of the molecule is CCCC(CC)NC1=NCCN(C(=O)OC(C)(C)C)C1. The highest BCUT2D eigenvalue weighted by atomic mass is 16.6. The van der Waals surface area contributed by atoms with Crippen molar-refractivity contribution in [3.8, 4) is 0 Å². The van der Waals surface area contributed by atoms with Crippen molar-refractivity contribution >= 4 is 11.9 Å². The molecule has 0 aliphatic carbocycles. The highest BCUT2D eigenvalue weighted by Crippen LogP contribution is 2.11. The lowest BCUT2D eigenvalue weighted by molar-refractivity contribution is 0.0276. The number of carbonyl (C=O) groups is 1. The van der Waals surface area contributed by atoms with Crippen LogP contribution < -0.4 is 5.32 Å². The molecule has 1 unspecified atom stereocenters. The van der Waals surface area contributed by atoms with Gasteiger partial charge in [-0.25, -0.2) is 4.79 Å². The molecule has 0 spiro atoms. The number of hydrogen-bond acceptors (Lipinski definition) is 4. The van der Waals surface area contributed by atoms with Crippen molar-refractivity contribution in [1.82, 2.24) is 10.2 Å². The van der Waals surface area contributed by atoms with Crippen LogP contribution in [0.5, 0.6) is 0 Å². The highest BCUT2D eigenvalue weighted by molar-refractivity contribution is 5.88. The minimum Gasteiger partial charge on any atom is -0.444 e. The second kappa shape index (κ2) is 7.50. The quantitative estimate of drug-likeness (QED) is 0.863. The molecular formula is C15H29N3O2. The summed E-state index contributed by atoms with van der Waals surface area (Å²) >= 11 is 0. The van der Waals surface area contributed by atoms with Gasteiger partial charge in [-0.1, -0.05) is 20.3 Å². The molecule has 1 aliphatic rings. The molecule has 1 heterocycles. The molecule has 1 rings (SSSR count). The second-order valence-corrected chi connectivity index (χ2v) is 6.27. The van der Waals surface area contributed by atoms with Gasteiger partial charge in [0.2, 0.25) is 0 Å². The summed E-state index contributed by atoms with van der Waals surface area (Å²) in [7, 11) is 0. The molecule has 5 heteroatoms. The van der Waals surface area contributed by atoms with Crippen LogP contribution in [0, 0.1) is 0 Å². The fourth-order valence-corrected chi connectivity index (χ4v) is 2.15. The highest BCUT2D eigenvalue weighted by Gasteiger charge is 2.25. The van der Waals surface area contributed by atoms with Gasteiger partial charge in [0.15, 0.2) is 0 Å². The zero-order valence-corrected chi connectivity index (χ0v) is 13.5. The van der Waals surface area contributed by atoms with E-state index < -0.39 is 5.60 Å². The fraction of sp³-hybridized carbons (Fsp3) is 0.867. The van der Waals surface area contributed by atoms with E-state index in [0.717, 1.165) is 25.1 Å². The van der Waals surface area contributed by atoms with E-state index in [0.29, 0.717) is 25.7 Å².